The zero-order chi connectivity index (χ0) is 13.9. The number of ketones is 1. The summed E-state index contributed by atoms with van der Waals surface area (Å²) in [7, 11) is -1.81. The summed E-state index contributed by atoms with van der Waals surface area (Å²) < 4.78 is 6.34. The van der Waals surface area contributed by atoms with E-state index in [1.54, 1.807) is 0 Å². The van der Waals surface area contributed by atoms with Crippen molar-refractivity contribution in [1.82, 2.24) is 0 Å². The lowest BCUT2D eigenvalue weighted by atomic mass is 9.97. The molecular formula is C15H28O2Si. The van der Waals surface area contributed by atoms with E-state index in [-0.39, 0.29) is 11.1 Å². The molecule has 2 fully saturated rings. The number of Topliss-reactive ketones (excluding diaryl/α,β-unsaturated/α-hetero) is 1. The molecule has 2 saturated carbocycles. The summed E-state index contributed by atoms with van der Waals surface area (Å²) >= 11 is 0. The highest BCUT2D eigenvalue weighted by Gasteiger charge is 2.62. The monoisotopic (exact) mass is 268 g/mol. The Labute approximate surface area is 113 Å². The van der Waals surface area contributed by atoms with Crippen LogP contribution in [0.2, 0.25) is 18.1 Å². The molecule has 0 bridgehead atoms. The molecule has 2 nitrogen and oxygen atoms in total. The summed E-state index contributed by atoms with van der Waals surface area (Å²) in [6, 6.07) is 0. The van der Waals surface area contributed by atoms with Crippen LogP contribution in [0.4, 0.5) is 0 Å². The smallest absolute Gasteiger partial charge is 0.193 e. The molecule has 0 N–H and O–H groups in total. The van der Waals surface area contributed by atoms with E-state index in [0.29, 0.717) is 23.0 Å². The van der Waals surface area contributed by atoms with Crippen LogP contribution in [0.3, 0.4) is 0 Å². The molecule has 0 radical (unpaired) electrons. The summed E-state index contributed by atoms with van der Waals surface area (Å²) in [6.45, 7) is 15.8. The van der Waals surface area contributed by atoms with E-state index in [4.69, 9.17) is 4.43 Å². The SMILES string of the molecule is CC1(C)[C@@H]2C[C@@H](O[Si](C)(C)C(C)(C)C)C(=O)C[C@@H]21. The van der Waals surface area contributed by atoms with Gasteiger partial charge in [0.1, 0.15) is 6.10 Å². The predicted molar refractivity (Wildman–Crippen MR) is 77.1 cm³/mol. The molecule has 2 rings (SSSR count). The van der Waals surface area contributed by atoms with E-state index in [9.17, 15) is 4.79 Å². The molecule has 2 aliphatic carbocycles. The van der Waals surface area contributed by atoms with E-state index >= 15 is 0 Å². The Hall–Kier alpha value is -0.153. The number of fused-ring (bicyclic) bond motifs is 1. The fourth-order valence-corrected chi connectivity index (χ4v) is 4.38. The van der Waals surface area contributed by atoms with Gasteiger partial charge in [0, 0.05) is 6.42 Å². The van der Waals surface area contributed by atoms with Gasteiger partial charge in [0.2, 0.25) is 0 Å². The van der Waals surface area contributed by atoms with Crippen LogP contribution in [0.25, 0.3) is 0 Å². The van der Waals surface area contributed by atoms with Gasteiger partial charge in [-0.15, -0.1) is 0 Å². The maximum atomic E-state index is 12.2. The van der Waals surface area contributed by atoms with E-state index in [1.807, 2.05) is 0 Å². The van der Waals surface area contributed by atoms with Crippen molar-refractivity contribution >= 4 is 14.1 Å². The van der Waals surface area contributed by atoms with Gasteiger partial charge in [0.15, 0.2) is 14.1 Å². The zero-order valence-corrected chi connectivity index (χ0v) is 14.0. The molecule has 104 valence electrons. The summed E-state index contributed by atoms with van der Waals surface area (Å²) in [6.07, 6.45) is 1.59. The molecule has 2 aliphatic rings. The molecule has 0 aromatic heterocycles. The second-order valence-electron chi connectivity index (χ2n) is 8.31. The molecule has 18 heavy (non-hydrogen) atoms. The van der Waals surface area contributed by atoms with Gasteiger partial charge in [-0.25, -0.2) is 0 Å². The Balaban J connectivity index is 2.05. The van der Waals surface area contributed by atoms with Crippen LogP contribution in [0.5, 0.6) is 0 Å². The van der Waals surface area contributed by atoms with Crippen molar-refractivity contribution in [2.45, 2.75) is 71.7 Å². The lowest BCUT2D eigenvalue weighted by Gasteiger charge is -2.39. The van der Waals surface area contributed by atoms with Crippen LogP contribution in [0, 0.1) is 17.3 Å². The van der Waals surface area contributed by atoms with Gasteiger partial charge in [0.05, 0.1) is 0 Å². The second kappa shape index (κ2) is 3.92. The Morgan fingerprint density at radius 2 is 1.78 bits per heavy atom. The Kier molecular flexibility index (Phi) is 3.11. The summed E-state index contributed by atoms with van der Waals surface area (Å²) in [5.41, 5.74) is 0.376. The lowest BCUT2D eigenvalue weighted by molar-refractivity contribution is -0.128. The van der Waals surface area contributed by atoms with Crippen molar-refractivity contribution in [2.75, 3.05) is 0 Å². The molecule has 3 atom stereocenters. The average Bonchev–Trinajstić information content (AvgIpc) is 2.67. The van der Waals surface area contributed by atoms with E-state index in [1.165, 1.54) is 0 Å². The van der Waals surface area contributed by atoms with Crippen molar-refractivity contribution in [2.24, 2.45) is 17.3 Å². The average molecular weight is 268 g/mol. The Bertz CT molecular complexity index is 365. The largest absolute Gasteiger partial charge is 0.407 e. The standard InChI is InChI=1S/C15H28O2Si/c1-14(2,3)18(6,7)17-13-9-11-10(8-12(13)16)15(11,4)5/h10-11,13H,8-9H2,1-7H3/t10-,11+,13+/m0/s1. The van der Waals surface area contributed by atoms with Gasteiger partial charge in [-0.05, 0) is 41.8 Å². The minimum Gasteiger partial charge on any atom is -0.407 e. The van der Waals surface area contributed by atoms with Gasteiger partial charge < -0.3 is 4.43 Å². The normalized spacial score (nSPS) is 35.3. The van der Waals surface area contributed by atoms with Crippen LogP contribution >= 0.6 is 0 Å². The van der Waals surface area contributed by atoms with E-state index in [0.717, 1.165) is 12.8 Å². The molecule has 0 aromatic rings. The Morgan fingerprint density at radius 3 is 2.28 bits per heavy atom. The molecule has 0 aromatic carbocycles. The van der Waals surface area contributed by atoms with Gasteiger partial charge in [-0.2, -0.15) is 0 Å². The predicted octanol–water partition coefficient (Wildman–Crippen LogP) is 4.01. The topological polar surface area (TPSA) is 26.3 Å². The fourth-order valence-electron chi connectivity index (χ4n) is 3.09. The summed E-state index contributed by atoms with van der Waals surface area (Å²) in [4.78, 5) is 12.2. The van der Waals surface area contributed by atoms with Gasteiger partial charge in [-0.3, -0.25) is 4.79 Å². The first kappa shape index (κ1) is 14.3. The van der Waals surface area contributed by atoms with Crippen molar-refractivity contribution in [3.8, 4) is 0 Å². The van der Waals surface area contributed by atoms with E-state index < -0.39 is 8.32 Å². The van der Waals surface area contributed by atoms with Crippen molar-refractivity contribution < 1.29 is 9.22 Å². The van der Waals surface area contributed by atoms with Gasteiger partial charge >= 0.3 is 0 Å². The third-order valence-corrected chi connectivity index (χ3v) is 10.3. The van der Waals surface area contributed by atoms with Gasteiger partial charge in [-0.1, -0.05) is 34.6 Å². The van der Waals surface area contributed by atoms with Crippen LogP contribution in [0.15, 0.2) is 0 Å². The molecule has 0 spiro atoms. The molecule has 0 aliphatic heterocycles. The van der Waals surface area contributed by atoms with E-state index in [2.05, 4.69) is 47.7 Å². The third kappa shape index (κ3) is 2.20. The van der Waals surface area contributed by atoms with Gasteiger partial charge in [0.25, 0.3) is 0 Å². The minimum absolute atomic E-state index is 0.117. The molecule has 0 amide bonds. The minimum atomic E-state index is -1.81. The quantitative estimate of drug-likeness (QED) is 0.707. The number of hydrogen-bond donors (Lipinski definition) is 0. The lowest BCUT2D eigenvalue weighted by Crippen LogP contribution is -2.47. The number of carbonyl (C=O) groups is 1. The highest BCUT2D eigenvalue weighted by atomic mass is 28.4. The first-order valence-electron chi connectivity index (χ1n) is 7.17. The summed E-state index contributed by atoms with van der Waals surface area (Å²) in [5, 5.41) is 0.184. The molecule has 0 heterocycles. The fraction of sp³-hybridized carbons (Fsp3) is 0.933. The van der Waals surface area contributed by atoms with Crippen LogP contribution in [-0.4, -0.2) is 20.2 Å². The van der Waals surface area contributed by atoms with Crippen LogP contribution < -0.4 is 0 Å². The zero-order valence-electron chi connectivity index (χ0n) is 13.0. The highest BCUT2D eigenvalue weighted by Crippen LogP contribution is 2.64. The highest BCUT2D eigenvalue weighted by molar-refractivity contribution is 6.74. The van der Waals surface area contributed by atoms with Crippen molar-refractivity contribution in [3.05, 3.63) is 0 Å². The number of rotatable bonds is 2. The van der Waals surface area contributed by atoms with Crippen molar-refractivity contribution in [1.29, 1.82) is 0 Å². The van der Waals surface area contributed by atoms with Crippen molar-refractivity contribution in [3.63, 3.8) is 0 Å². The van der Waals surface area contributed by atoms with Crippen LogP contribution in [-0.2, 0) is 9.22 Å². The molecular weight excluding hydrogens is 240 g/mol. The maximum Gasteiger partial charge on any atom is 0.193 e. The van der Waals surface area contributed by atoms with Crippen LogP contribution in [0.1, 0.15) is 47.5 Å². The third-order valence-electron chi connectivity index (χ3n) is 5.78. The first-order valence-corrected chi connectivity index (χ1v) is 10.1. The number of hydrogen-bond acceptors (Lipinski definition) is 2. The number of carbonyl (C=O) groups excluding carboxylic acids is 1. The molecule has 3 heteroatoms. The maximum absolute atomic E-state index is 12.2. The Morgan fingerprint density at radius 1 is 1.22 bits per heavy atom. The molecule has 0 unspecified atom stereocenters. The summed E-state index contributed by atoms with van der Waals surface area (Å²) in [5.74, 6) is 1.70. The molecule has 0 saturated heterocycles. The first-order chi connectivity index (χ1) is 7.97. The second-order valence-corrected chi connectivity index (χ2v) is 13.1.